The van der Waals surface area contributed by atoms with Gasteiger partial charge >= 0.3 is 13.5 Å². The number of hydrogen-bond donors (Lipinski definition) is 2. The molecule has 1 saturated heterocycles. The van der Waals surface area contributed by atoms with Crippen molar-refractivity contribution in [2.75, 3.05) is 37.3 Å². The van der Waals surface area contributed by atoms with Crippen LogP contribution in [0.25, 0.3) is 0 Å². The Kier molecular flexibility index (Phi) is 5.70. The fraction of sp³-hybridized carbons (Fsp3) is 0.375. The summed E-state index contributed by atoms with van der Waals surface area (Å²) in [5.41, 5.74) is 5.26. The Morgan fingerprint density at radius 3 is 3.10 bits per heavy atom. The molecule has 13 heteroatoms. The first kappa shape index (κ1) is 20.0. The van der Waals surface area contributed by atoms with Gasteiger partial charge in [-0.3, -0.25) is 13.6 Å². The highest BCUT2D eigenvalue weighted by atomic mass is 32.2. The number of benzene rings is 1. The van der Waals surface area contributed by atoms with E-state index in [-0.39, 0.29) is 12.4 Å². The summed E-state index contributed by atoms with van der Waals surface area (Å²) in [4.78, 5) is 15.6. The molecule has 0 spiro atoms. The molecule has 4 rings (SSSR count). The summed E-state index contributed by atoms with van der Waals surface area (Å²) in [5.74, 6) is 1.63. The van der Waals surface area contributed by atoms with Crippen molar-refractivity contribution in [3.8, 4) is 11.5 Å². The third kappa shape index (κ3) is 4.51. The number of hydrogen-bond acceptors (Lipinski definition) is 11. The molecular formula is C16H19N4O7PS. The lowest BCUT2D eigenvalue weighted by molar-refractivity contribution is -0.00682. The topological polar surface area (TPSA) is 136 Å². The van der Waals surface area contributed by atoms with E-state index in [1.54, 1.807) is 18.2 Å². The molecule has 29 heavy (non-hydrogen) atoms. The molecular weight excluding hydrogens is 423 g/mol. The van der Waals surface area contributed by atoms with E-state index in [1.807, 2.05) is 0 Å². The maximum atomic E-state index is 12.8. The van der Waals surface area contributed by atoms with E-state index in [0.717, 1.165) is 5.69 Å². The molecule has 0 amide bonds. The third-order valence-corrected chi connectivity index (χ3v) is 6.59. The summed E-state index contributed by atoms with van der Waals surface area (Å²) in [5, 5.41) is 3.01. The van der Waals surface area contributed by atoms with Gasteiger partial charge in [-0.25, -0.2) is 9.36 Å². The number of nitrogen functional groups attached to an aromatic ring is 1. The number of nitrogens with two attached hydrogens (primary N) is 1. The molecule has 0 radical (unpaired) electrons. The van der Waals surface area contributed by atoms with Crippen LogP contribution in [-0.4, -0.2) is 41.2 Å². The number of thioether (sulfide) groups is 1. The monoisotopic (exact) mass is 442 g/mol. The Morgan fingerprint density at radius 2 is 2.31 bits per heavy atom. The van der Waals surface area contributed by atoms with E-state index >= 15 is 0 Å². The second-order valence-electron chi connectivity index (χ2n) is 6.04. The zero-order valence-electron chi connectivity index (χ0n) is 15.3. The highest BCUT2D eigenvalue weighted by Gasteiger charge is 2.33. The van der Waals surface area contributed by atoms with Crippen LogP contribution < -0.4 is 26.0 Å². The van der Waals surface area contributed by atoms with Crippen LogP contribution in [0.5, 0.6) is 11.5 Å². The van der Waals surface area contributed by atoms with Gasteiger partial charge < -0.3 is 25.0 Å². The lowest BCUT2D eigenvalue weighted by Crippen LogP contribution is -2.28. The Morgan fingerprint density at radius 1 is 1.45 bits per heavy atom. The van der Waals surface area contributed by atoms with Crippen LogP contribution in [0.4, 0.5) is 11.5 Å². The van der Waals surface area contributed by atoms with Gasteiger partial charge in [0.2, 0.25) is 0 Å². The van der Waals surface area contributed by atoms with Crippen molar-refractivity contribution in [3.05, 3.63) is 40.9 Å². The summed E-state index contributed by atoms with van der Waals surface area (Å²) in [7, 11) is -2.63. The molecule has 1 aromatic heterocycles. The van der Waals surface area contributed by atoms with Crippen molar-refractivity contribution >= 4 is 31.1 Å². The second kappa shape index (κ2) is 8.25. The number of ether oxygens (including phenoxy) is 2. The molecule has 11 nitrogen and oxygen atoms in total. The Bertz CT molecular complexity index is 1000. The quantitative estimate of drug-likeness (QED) is 0.610. The molecule has 2 aromatic rings. The van der Waals surface area contributed by atoms with Crippen molar-refractivity contribution in [1.82, 2.24) is 9.55 Å². The molecule has 156 valence electrons. The van der Waals surface area contributed by atoms with Crippen LogP contribution in [0, 0.1) is 0 Å². The van der Waals surface area contributed by atoms with E-state index in [1.165, 1.54) is 35.7 Å². The molecule has 2 aliphatic rings. The van der Waals surface area contributed by atoms with Crippen molar-refractivity contribution < 1.29 is 27.6 Å². The number of fused-ring (bicyclic) bond motifs is 1. The summed E-state index contributed by atoms with van der Waals surface area (Å²) in [6.07, 6.45) is 0.994. The predicted molar refractivity (Wildman–Crippen MR) is 106 cm³/mol. The number of nitrogens with one attached hydrogen (secondary N) is 1. The number of anilines is 2. The van der Waals surface area contributed by atoms with Crippen LogP contribution in [0.2, 0.25) is 0 Å². The van der Waals surface area contributed by atoms with Crippen molar-refractivity contribution in [2.45, 2.75) is 11.7 Å². The van der Waals surface area contributed by atoms with Crippen molar-refractivity contribution in [2.24, 2.45) is 0 Å². The van der Waals surface area contributed by atoms with E-state index in [0.29, 0.717) is 24.0 Å². The fourth-order valence-corrected chi connectivity index (χ4v) is 4.75. The Hall–Kier alpha value is -2.24. The molecule has 0 bridgehead atoms. The van der Waals surface area contributed by atoms with Crippen LogP contribution in [0.3, 0.4) is 0 Å². The van der Waals surface area contributed by atoms with Gasteiger partial charge in [-0.15, -0.1) is 11.8 Å². The Balaban J connectivity index is 1.36. The average Bonchev–Trinajstić information content (AvgIpc) is 3.35. The van der Waals surface area contributed by atoms with E-state index in [9.17, 15) is 9.36 Å². The van der Waals surface area contributed by atoms with Gasteiger partial charge in [0, 0.05) is 25.1 Å². The van der Waals surface area contributed by atoms with Crippen LogP contribution >= 0.6 is 19.6 Å². The minimum atomic E-state index is -3.87. The van der Waals surface area contributed by atoms with Crippen molar-refractivity contribution in [1.29, 1.82) is 0 Å². The van der Waals surface area contributed by atoms with Crippen LogP contribution in [-0.2, 0) is 18.3 Å². The minimum Gasteiger partial charge on any atom is -0.471 e. The van der Waals surface area contributed by atoms with Gasteiger partial charge in [-0.1, -0.05) is 0 Å². The molecule has 0 aliphatic carbocycles. The molecule has 0 saturated carbocycles. The van der Waals surface area contributed by atoms with Crippen LogP contribution in [0.15, 0.2) is 35.3 Å². The fourth-order valence-electron chi connectivity index (χ4n) is 2.74. The normalized spacial score (nSPS) is 22.4. The maximum Gasteiger partial charge on any atom is 0.529 e. The van der Waals surface area contributed by atoms with E-state index < -0.39 is 25.2 Å². The third-order valence-electron chi connectivity index (χ3n) is 4.15. The minimum absolute atomic E-state index is 0.0598. The number of rotatable bonds is 7. The number of aromatic nitrogens is 2. The first-order valence-electron chi connectivity index (χ1n) is 8.58. The highest BCUT2D eigenvalue weighted by molar-refractivity contribution is 8.00. The number of nitrogens with zero attached hydrogens (tertiary/aromatic N) is 2. The zero-order chi connectivity index (χ0) is 20.4. The molecule has 3 heterocycles. The lowest BCUT2D eigenvalue weighted by Gasteiger charge is -2.19. The van der Waals surface area contributed by atoms with Gasteiger partial charge in [0.25, 0.3) is 0 Å². The summed E-state index contributed by atoms with van der Waals surface area (Å²) in [6.45, 7) is 0.303. The van der Waals surface area contributed by atoms with Gasteiger partial charge in [0.15, 0.2) is 6.73 Å². The largest absolute Gasteiger partial charge is 0.529 e. The summed E-state index contributed by atoms with van der Waals surface area (Å²) < 4.78 is 41.1. The summed E-state index contributed by atoms with van der Waals surface area (Å²) >= 11 is 1.41. The molecule has 2 aliphatic heterocycles. The van der Waals surface area contributed by atoms with E-state index in [2.05, 4.69) is 10.3 Å². The predicted octanol–water partition coefficient (Wildman–Crippen LogP) is 2.03. The standard InChI is InChI=1S/C16H19N4O7PS/c1-23-28(22,27-10-2-3-12-11(6-10)18-9-24-12)25-7-15-26-14(8-29-15)20-5-4-13(17)19-16(20)21/h2-6,14-15,18H,7-9H2,1H3,(H2,17,19,21). The van der Waals surface area contributed by atoms with Crippen LogP contribution in [0.1, 0.15) is 6.23 Å². The molecule has 3 N–H and O–H groups in total. The second-order valence-corrected chi connectivity index (χ2v) is 8.93. The summed E-state index contributed by atoms with van der Waals surface area (Å²) in [6, 6.07) is 6.47. The highest BCUT2D eigenvalue weighted by Crippen LogP contribution is 2.50. The maximum absolute atomic E-state index is 12.8. The molecule has 3 atom stereocenters. The van der Waals surface area contributed by atoms with Crippen molar-refractivity contribution in [3.63, 3.8) is 0 Å². The van der Waals surface area contributed by atoms with Gasteiger partial charge in [0.1, 0.15) is 29.0 Å². The van der Waals surface area contributed by atoms with Gasteiger partial charge in [-0.2, -0.15) is 4.98 Å². The molecule has 1 aromatic carbocycles. The zero-order valence-corrected chi connectivity index (χ0v) is 17.1. The average molecular weight is 442 g/mol. The smallest absolute Gasteiger partial charge is 0.471 e. The first-order valence-corrected chi connectivity index (χ1v) is 11.1. The lowest BCUT2D eigenvalue weighted by atomic mass is 10.3. The molecule has 3 unspecified atom stereocenters. The SMILES string of the molecule is COP(=O)(OCC1OC(n2ccc(N)nc2=O)CS1)Oc1ccc2c(c1)NCO2. The first-order chi connectivity index (χ1) is 14.0. The number of phosphoric ester groups is 1. The van der Waals surface area contributed by atoms with Gasteiger partial charge in [0.05, 0.1) is 12.3 Å². The van der Waals surface area contributed by atoms with Gasteiger partial charge in [-0.05, 0) is 18.2 Å². The molecule has 1 fully saturated rings. The Labute approximate surface area is 170 Å². The van der Waals surface area contributed by atoms with E-state index in [4.69, 9.17) is 28.8 Å². The number of phosphoric acid groups is 1.